The lowest BCUT2D eigenvalue weighted by Crippen LogP contribution is -2.28. The molecule has 0 fully saturated rings. The molecule has 0 aliphatic heterocycles. The number of carbonyl (C=O) groups is 3. The second-order valence-corrected chi connectivity index (χ2v) is 8.08. The normalized spacial score (nSPS) is 14.1. The molecule has 0 bridgehead atoms. The van der Waals surface area contributed by atoms with Crippen molar-refractivity contribution in [1.82, 2.24) is 4.90 Å². The van der Waals surface area contributed by atoms with Crippen molar-refractivity contribution < 1.29 is 18.8 Å². The van der Waals surface area contributed by atoms with E-state index in [2.05, 4.69) is 0 Å². The molecule has 0 unspecified atom stereocenters. The van der Waals surface area contributed by atoms with E-state index in [9.17, 15) is 14.4 Å². The third-order valence-corrected chi connectivity index (χ3v) is 4.62. The van der Waals surface area contributed by atoms with Gasteiger partial charge in [0.25, 0.3) is 5.91 Å². The highest BCUT2D eigenvalue weighted by molar-refractivity contribution is 6.29. The van der Waals surface area contributed by atoms with Crippen LogP contribution in [0.15, 0.2) is 40.3 Å². The first-order chi connectivity index (χ1) is 12.5. The number of amides is 1. The molecule has 27 heavy (non-hydrogen) atoms. The molecule has 5 nitrogen and oxygen atoms in total. The summed E-state index contributed by atoms with van der Waals surface area (Å²) in [7, 11) is 3.16. The molecule has 0 saturated heterocycles. The minimum absolute atomic E-state index is 0.0710. The van der Waals surface area contributed by atoms with E-state index in [0.29, 0.717) is 11.1 Å². The number of rotatable bonds is 2. The molecule has 1 heterocycles. The molecule has 0 radical (unpaired) electrons. The fraction of sp³-hybridized carbons (Fsp3) is 0.318. The number of hydrogen-bond donors (Lipinski definition) is 0. The molecule has 1 aliphatic rings. The third-order valence-electron chi connectivity index (χ3n) is 4.62. The van der Waals surface area contributed by atoms with Gasteiger partial charge in [-0.25, -0.2) is 0 Å². The summed E-state index contributed by atoms with van der Waals surface area (Å²) in [6, 6.07) is 7.42. The smallest absolute Gasteiger partial charge is 0.289 e. The first-order valence-corrected chi connectivity index (χ1v) is 8.79. The Morgan fingerprint density at radius 3 is 2.11 bits per heavy atom. The van der Waals surface area contributed by atoms with Gasteiger partial charge >= 0.3 is 0 Å². The lowest BCUT2D eigenvalue weighted by Gasteiger charge is -2.24. The first-order valence-electron chi connectivity index (χ1n) is 8.79. The zero-order valence-electron chi connectivity index (χ0n) is 16.5. The molecule has 0 atom stereocenters. The highest BCUT2D eigenvalue weighted by Gasteiger charge is 2.40. The molecule has 1 amide bonds. The molecule has 140 valence electrons. The molecule has 3 rings (SSSR count). The summed E-state index contributed by atoms with van der Waals surface area (Å²) >= 11 is 0. The Balaban J connectivity index is 2.31. The van der Waals surface area contributed by atoms with Gasteiger partial charge < -0.3 is 9.32 Å². The highest BCUT2D eigenvalue weighted by Crippen LogP contribution is 2.40. The Kier molecular flexibility index (Phi) is 4.42. The Morgan fingerprint density at radius 1 is 1.00 bits per heavy atom. The molecule has 0 saturated carbocycles. The number of furan rings is 1. The van der Waals surface area contributed by atoms with Crippen LogP contribution in [0.5, 0.6) is 0 Å². The Bertz CT molecular complexity index is 983. The van der Waals surface area contributed by atoms with Gasteiger partial charge in [-0.05, 0) is 18.4 Å². The Morgan fingerprint density at radius 2 is 1.59 bits per heavy atom. The van der Waals surface area contributed by atoms with Gasteiger partial charge in [0, 0.05) is 25.2 Å². The van der Waals surface area contributed by atoms with Gasteiger partial charge in [-0.2, -0.15) is 0 Å². The van der Waals surface area contributed by atoms with E-state index >= 15 is 0 Å². The topological polar surface area (TPSA) is 67.6 Å². The number of nitrogens with zero attached hydrogens (tertiary/aromatic N) is 1. The number of fused-ring (bicyclic) bond motifs is 1. The lowest BCUT2D eigenvalue weighted by molar-refractivity contribution is 0.0790. The standard InChI is InChI=1S/C22H23NO4/c1-12-7-9-13(10-8-12)19-16-15(24)11-14(22(2,3)4)18(25)17(16)20(27-19)21(26)23(5)6/h7-11H,1-6H3. The minimum atomic E-state index is -0.524. The predicted molar refractivity (Wildman–Crippen MR) is 103 cm³/mol. The van der Waals surface area contributed by atoms with Crippen LogP contribution in [0.1, 0.15) is 57.6 Å². The summed E-state index contributed by atoms with van der Waals surface area (Å²) in [5, 5.41) is 0. The van der Waals surface area contributed by atoms with Gasteiger partial charge in [0.2, 0.25) is 5.76 Å². The van der Waals surface area contributed by atoms with Crippen LogP contribution in [0.25, 0.3) is 11.3 Å². The predicted octanol–water partition coefficient (Wildman–Crippen LogP) is 4.31. The molecule has 2 aromatic rings. The van der Waals surface area contributed by atoms with Crippen molar-refractivity contribution in [2.45, 2.75) is 27.7 Å². The van der Waals surface area contributed by atoms with Gasteiger partial charge in [-0.3, -0.25) is 14.4 Å². The number of benzene rings is 1. The van der Waals surface area contributed by atoms with Crippen molar-refractivity contribution in [3.8, 4) is 11.3 Å². The second kappa shape index (κ2) is 6.34. The van der Waals surface area contributed by atoms with Gasteiger partial charge in [-0.1, -0.05) is 50.6 Å². The van der Waals surface area contributed by atoms with E-state index in [1.807, 2.05) is 52.0 Å². The van der Waals surface area contributed by atoms with Crippen LogP contribution in [0.2, 0.25) is 0 Å². The Labute approximate surface area is 158 Å². The number of ketones is 2. The quantitative estimate of drug-likeness (QED) is 0.795. The summed E-state index contributed by atoms with van der Waals surface area (Å²) in [5.74, 6) is -0.909. The summed E-state index contributed by atoms with van der Waals surface area (Å²) in [6.45, 7) is 7.55. The second-order valence-electron chi connectivity index (χ2n) is 8.08. The van der Waals surface area contributed by atoms with Crippen LogP contribution in [0, 0.1) is 12.3 Å². The van der Waals surface area contributed by atoms with Crippen molar-refractivity contribution in [2.24, 2.45) is 5.41 Å². The number of hydrogen-bond acceptors (Lipinski definition) is 4. The van der Waals surface area contributed by atoms with Crippen LogP contribution in [-0.4, -0.2) is 36.5 Å². The average molecular weight is 365 g/mol. The summed E-state index contributed by atoms with van der Waals surface area (Å²) < 4.78 is 5.85. The van der Waals surface area contributed by atoms with E-state index in [1.165, 1.54) is 11.0 Å². The fourth-order valence-corrected chi connectivity index (χ4v) is 3.11. The maximum absolute atomic E-state index is 13.2. The third kappa shape index (κ3) is 3.14. The van der Waals surface area contributed by atoms with Crippen molar-refractivity contribution in [3.63, 3.8) is 0 Å². The summed E-state index contributed by atoms with van der Waals surface area (Å²) in [5.41, 5.74) is 1.81. The SMILES string of the molecule is Cc1ccc(-c2oc(C(=O)N(C)C)c3c2C(=O)C=C(C(C)(C)C)C3=O)cc1. The Hall–Kier alpha value is -2.95. The highest BCUT2D eigenvalue weighted by atomic mass is 16.4. The summed E-state index contributed by atoms with van der Waals surface area (Å²) in [6.07, 6.45) is 1.38. The van der Waals surface area contributed by atoms with E-state index in [-0.39, 0.29) is 34.2 Å². The van der Waals surface area contributed by atoms with Gasteiger partial charge in [-0.15, -0.1) is 0 Å². The zero-order chi connectivity index (χ0) is 20.1. The summed E-state index contributed by atoms with van der Waals surface area (Å²) in [4.78, 5) is 40.2. The van der Waals surface area contributed by atoms with Crippen LogP contribution in [-0.2, 0) is 0 Å². The molecular formula is C22H23NO4. The van der Waals surface area contributed by atoms with Crippen LogP contribution >= 0.6 is 0 Å². The van der Waals surface area contributed by atoms with E-state index in [4.69, 9.17) is 4.42 Å². The van der Waals surface area contributed by atoms with Crippen LogP contribution in [0.4, 0.5) is 0 Å². The fourth-order valence-electron chi connectivity index (χ4n) is 3.11. The van der Waals surface area contributed by atoms with Crippen LogP contribution in [0.3, 0.4) is 0 Å². The van der Waals surface area contributed by atoms with Gasteiger partial charge in [0.15, 0.2) is 11.6 Å². The maximum Gasteiger partial charge on any atom is 0.289 e. The first kappa shape index (κ1) is 18.8. The van der Waals surface area contributed by atoms with E-state index in [1.54, 1.807) is 14.1 Å². The molecule has 0 spiro atoms. The average Bonchev–Trinajstić information content (AvgIpc) is 2.98. The number of carbonyl (C=O) groups excluding carboxylic acids is 3. The number of aryl methyl sites for hydroxylation is 1. The number of allylic oxidation sites excluding steroid dienone is 2. The van der Waals surface area contributed by atoms with Crippen molar-refractivity contribution >= 4 is 17.5 Å². The lowest BCUT2D eigenvalue weighted by atomic mass is 9.76. The molecule has 5 heteroatoms. The van der Waals surface area contributed by atoms with Crippen molar-refractivity contribution in [2.75, 3.05) is 14.1 Å². The van der Waals surface area contributed by atoms with Crippen molar-refractivity contribution in [1.29, 1.82) is 0 Å². The van der Waals surface area contributed by atoms with Crippen molar-refractivity contribution in [3.05, 3.63) is 58.4 Å². The largest absolute Gasteiger partial charge is 0.449 e. The number of Topliss-reactive ketones (excluding diaryl/α,β-unsaturated/α-hetero) is 1. The van der Waals surface area contributed by atoms with E-state index < -0.39 is 11.3 Å². The van der Waals surface area contributed by atoms with E-state index in [0.717, 1.165) is 5.56 Å². The monoisotopic (exact) mass is 365 g/mol. The molecule has 1 aliphatic carbocycles. The molecule has 1 aromatic heterocycles. The van der Waals surface area contributed by atoms with Gasteiger partial charge in [0.1, 0.15) is 5.76 Å². The molecule has 0 N–H and O–H groups in total. The van der Waals surface area contributed by atoms with Gasteiger partial charge in [0.05, 0.1) is 11.1 Å². The molecule has 1 aromatic carbocycles. The maximum atomic E-state index is 13.2. The van der Waals surface area contributed by atoms with Crippen LogP contribution < -0.4 is 0 Å². The molecular weight excluding hydrogens is 342 g/mol. The zero-order valence-corrected chi connectivity index (χ0v) is 16.5. The minimum Gasteiger partial charge on any atom is -0.449 e.